The summed E-state index contributed by atoms with van der Waals surface area (Å²) >= 11 is 0. The minimum absolute atomic E-state index is 0.323. The number of fused-ring (bicyclic) bond motifs is 1. The number of hydrazine groups is 1. The molecule has 21 heavy (non-hydrogen) atoms. The summed E-state index contributed by atoms with van der Waals surface area (Å²) in [5, 5.41) is 10.7. The Hall–Kier alpha value is -2.33. The van der Waals surface area contributed by atoms with Gasteiger partial charge in [-0.3, -0.25) is 10.0 Å². The van der Waals surface area contributed by atoms with E-state index in [0.717, 1.165) is 12.1 Å². The van der Waals surface area contributed by atoms with E-state index in [1.54, 1.807) is 17.2 Å². The Kier molecular flexibility index (Phi) is 3.18. The van der Waals surface area contributed by atoms with Crippen molar-refractivity contribution in [3.05, 3.63) is 41.5 Å². The van der Waals surface area contributed by atoms with Gasteiger partial charge >= 0.3 is 6.18 Å². The number of halogens is 3. The van der Waals surface area contributed by atoms with E-state index in [1.165, 1.54) is 12.3 Å². The highest BCUT2D eigenvalue weighted by Crippen LogP contribution is 2.34. The molecule has 108 valence electrons. The van der Waals surface area contributed by atoms with Gasteiger partial charge in [0.2, 0.25) is 0 Å². The fourth-order valence-electron chi connectivity index (χ4n) is 2.46. The second-order valence-electron chi connectivity index (χ2n) is 4.81. The lowest BCUT2D eigenvalue weighted by atomic mass is 10.0. The Morgan fingerprint density at radius 2 is 2.19 bits per heavy atom. The summed E-state index contributed by atoms with van der Waals surface area (Å²) in [5.74, 6) is -0.323. The van der Waals surface area contributed by atoms with E-state index < -0.39 is 17.9 Å². The van der Waals surface area contributed by atoms with Crippen molar-refractivity contribution in [2.45, 2.75) is 12.3 Å². The number of hydrogen-bond acceptors (Lipinski definition) is 4. The molecule has 2 atom stereocenters. The lowest BCUT2D eigenvalue weighted by Gasteiger charge is -2.29. The predicted octanol–water partition coefficient (Wildman–Crippen LogP) is 2.42. The van der Waals surface area contributed by atoms with Crippen LogP contribution in [0.3, 0.4) is 0 Å². The van der Waals surface area contributed by atoms with Crippen molar-refractivity contribution in [2.75, 3.05) is 6.54 Å². The molecule has 0 bridgehead atoms. The second-order valence-corrected chi connectivity index (χ2v) is 4.81. The Labute approximate surface area is 119 Å². The van der Waals surface area contributed by atoms with Crippen LogP contribution < -0.4 is 5.43 Å². The van der Waals surface area contributed by atoms with Gasteiger partial charge in [0, 0.05) is 12.8 Å². The molecule has 0 aliphatic carbocycles. The van der Waals surface area contributed by atoms with Crippen molar-refractivity contribution < 1.29 is 13.2 Å². The molecular formula is C14H11F3N4. The van der Waals surface area contributed by atoms with E-state index in [1.807, 2.05) is 0 Å². The fraction of sp³-hybridized carbons (Fsp3) is 0.286. The summed E-state index contributed by atoms with van der Waals surface area (Å²) in [6.45, 7) is 0.425. The maximum absolute atomic E-state index is 12.8. The van der Waals surface area contributed by atoms with Crippen molar-refractivity contribution >= 4 is 11.9 Å². The van der Waals surface area contributed by atoms with Crippen molar-refractivity contribution in [2.24, 2.45) is 10.9 Å². The Morgan fingerprint density at radius 3 is 2.90 bits per heavy atom. The summed E-state index contributed by atoms with van der Waals surface area (Å²) in [7, 11) is 0. The summed E-state index contributed by atoms with van der Waals surface area (Å²) in [6.07, 6.45) is -1.61. The molecule has 7 heteroatoms. The number of hydrogen-bond donors (Lipinski definition) is 1. The third kappa shape index (κ3) is 2.38. The Bertz CT molecular complexity index is 657. The minimum atomic E-state index is -4.38. The lowest BCUT2D eigenvalue weighted by Crippen LogP contribution is -2.37. The molecule has 2 unspecified atom stereocenters. The van der Waals surface area contributed by atoms with Gasteiger partial charge in [0.15, 0.2) is 6.17 Å². The maximum atomic E-state index is 12.8. The number of benzene rings is 1. The third-order valence-electron chi connectivity index (χ3n) is 3.49. The van der Waals surface area contributed by atoms with Crippen molar-refractivity contribution in [1.29, 1.82) is 5.26 Å². The molecule has 0 saturated carbocycles. The molecule has 0 amide bonds. The standard InChI is InChI=1S/C14H11F3N4/c15-14(16,17)11-3-1-2-9(6-11)12-4-5-19-13-10(7-18)8-20-21(12)13/h1-6,10,13,20H,8H2. The molecule has 4 nitrogen and oxygen atoms in total. The Balaban J connectivity index is 1.96. The van der Waals surface area contributed by atoms with Gasteiger partial charge in [0.1, 0.15) is 5.92 Å². The molecular weight excluding hydrogens is 281 g/mol. The first-order chi connectivity index (χ1) is 10.0. The van der Waals surface area contributed by atoms with Gasteiger partial charge in [-0.25, -0.2) is 5.43 Å². The molecule has 1 aromatic carbocycles. The summed E-state index contributed by atoms with van der Waals surface area (Å²) < 4.78 is 38.4. The van der Waals surface area contributed by atoms with Gasteiger partial charge in [-0.15, -0.1) is 0 Å². The van der Waals surface area contributed by atoms with Crippen LogP contribution in [0, 0.1) is 17.2 Å². The quantitative estimate of drug-likeness (QED) is 0.865. The van der Waals surface area contributed by atoms with Crippen LogP contribution in [0.4, 0.5) is 13.2 Å². The van der Waals surface area contributed by atoms with Crippen molar-refractivity contribution in [1.82, 2.24) is 10.4 Å². The zero-order valence-electron chi connectivity index (χ0n) is 10.8. The largest absolute Gasteiger partial charge is 0.416 e. The first-order valence-electron chi connectivity index (χ1n) is 6.34. The van der Waals surface area contributed by atoms with E-state index in [2.05, 4.69) is 16.5 Å². The van der Waals surface area contributed by atoms with Gasteiger partial charge in [-0.1, -0.05) is 12.1 Å². The maximum Gasteiger partial charge on any atom is 0.416 e. The number of aliphatic imine (C=N–C) groups is 1. The monoisotopic (exact) mass is 292 g/mol. The van der Waals surface area contributed by atoms with Gasteiger partial charge < -0.3 is 0 Å². The van der Waals surface area contributed by atoms with Crippen LogP contribution >= 0.6 is 0 Å². The molecule has 1 fully saturated rings. The van der Waals surface area contributed by atoms with Gasteiger partial charge in [0.25, 0.3) is 0 Å². The van der Waals surface area contributed by atoms with Crippen molar-refractivity contribution in [3.63, 3.8) is 0 Å². The van der Waals surface area contributed by atoms with E-state index in [4.69, 9.17) is 5.26 Å². The number of nitrogens with zero attached hydrogens (tertiary/aromatic N) is 3. The summed E-state index contributed by atoms with van der Waals surface area (Å²) in [4.78, 5) is 4.21. The molecule has 0 spiro atoms. The van der Waals surface area contributed by atoms with Gasteiger partial charge in [-0.2, -0.15) is 18.4 Å². The minimum Gasteiger partial charge on any atom is -0.282 e. The number of rotatable bonds is 1. The van der Waals surface area contributed by atoms with E-state index in [0.29, 0.717) is 17.8 Å². The molecule has 3 rings (SSSR count). The highest BCUT2D eigenvalue weighted by Gasteiger charge is 2.37. The predicted molar refractivity (Wildman–Crippen MR) is 70.6 cm³/mol. The smallest absolute Gasteiger partial charge is 0.282 e. The van der Waals surface area contributed by atoms with Crippen LogP contribution in [0.15, 0.2) is 35.3 Å². The fourth-order valence-corrected chi connectivity index (χ4v) is 2.46. The van der Waals surface area contributed by atoms with Crippen LogP contribution in [-0.2, 0) is 6.18 Å². The number of nitriles is 1. The topological polar surface area (TPSA) is 51.4 Å². The number of allylic oxidation sites excluding steroid dienone is 1. The molecule has 0 radical (unpaired) electrons. The van der Waals surface area contributed by atoms with Gasteiger partial charge in [0.05, 0.1) is 17.3 Å². The molecule has 1 N–H and O–H groups in total. The van der Waals surface area contributed by atoms with E-state index >= 15 is 0 Å². The van der Waals surface area contributed by atoms with Crippen LogP contribution in [0.2, 0.25) is 0 Å². The lowest BCUT2D eigenvalue weighted by molar-refractivity contribution is -0.137. The SMILES string of the molecule is N#CC1CNN2C(c3cccc(C(F)(F)F)c3)=CC=NC12. The van der Waals surface area contributed by atoms with Gasteiger partial charge in [-0.05, 0) is 23.8 Å². The third-order valence-corrected chi connectivity index (χ3v) is 3.49. The highest BCUT2D eigenvalue weighted by molar-refractivity contribution is 5.85. The van der Waals surface area contributed by atoms with E-state index in [-0.39, 0.29) is 5.92 Å². The zero-order chi connectivity index (χ0) is 15.0. The van der Waals surface area contributed by atoms with Crippen LogP contribution in [-0.4, -0.2) is 23.9 Å². The summed E-state index contributed by atoms with van der Waals surface area (Å²) in [6, 6.07) is 7.26. The average molecular weight is 292 g/mol. The molecule has 2 heterocycles. The zero-order valence-corrected chi connectivity index (χ0v) is 10.8. The summed E-state index contributed by atoms with van der Waals surface area (Å²) in [5.41, 5.74) is 3.34. The normalized spacial score (nSPS) is 24.5. The molecule has 2 aliphatic rings. The number of alkyl halides is 3. The van der Waals surface area contributed by atoms with Crippen LogP contribution in [0.5, 0.6) is 0 Å². The molecule has 0 aromatic heterocycles. The molecule has 2 aliphatic heterocycles. The first kappa shape index (κ1) is 13.6. The van der Waals surface area contributed by atoms with E-state index in [9.17, 15) is 13.2 Å². The van der Waals surface area contributed by atoms with Crippen molar-refractivity contribution in [3.8, 4) is 6.07 Å². The van der Waals surface area contributed by atoms with Crippen LogP contribution in [0.25, 0.3) is 5.70 Å². The Morgan fingerprint density at radius 1 is 1.38 bits per heavy atom. The average Bonchev–Trinajstić information content (AvgIpc) is 2.89. The highest BCUT2D eigenvalue weighted by atomic mass is 19.4. The molecule has 1 aromatic rings. The number of nitrogens with one attached hydrogen (secondary N) is 1. The van der Waals surface area contributed by atoms with Crippen LogP contribution in [0.1, 0.15) is 11.1 Å². The second kappa shape index (κ2) is 4.90. The first-order valence-corrected chi connectivity index (χ1v) is 6.34. The molecule has 1 saturated heterocycles.